The lowest BCUT2D eigenvalue weighted by Crippen LogP contribution is -1.85. The van der Waals surface area contributed by atoms with Gasteiger partial charge in [0.2, 0.25) is 0 Å². The molecule has 1 aromatic carbocycles. The van der Waals surface area contributed by atoms with Gasteiger partial charge in [-0.1, -0.05) is 30.3 Å². The van der Waals surface area contributed by atoms with E-state index < -0.39 is 5.97 Å². The molecule has 0 saturated carbocycles. The molecule has 14 heavy (non-hydrogen) atoms. The standard InChI is InChI=1S/C9H8O2.BH2O2/c10-9(11)7-6-8-4-2-1-3-5-8;2-1-3/h1-7H,(H,10,11);2-3H. The van der Waals surface area contributed by atoms with Crippen LogP contribution in [0.4, 0.5) is 0 Å². The highest BCUT2D eigenvalue weighted by Crippen LogP contribution is 1.99. The highest BCUT2D eigenvalue weighted by Gasteiger charge is 1.85. The van der Waals surface area contributed by atoms with Gasteiger partial charge in [0.1, 0.15) is 0 Å². The zero-order valence-corrected chi connectivity index (χ0v) is 7.37. The fraction of sp³-hybridized carbons (Fsp3) is 0. The first-order chi connectivity index (χ1) is 6.70. The number of aliphatic carboxylic acids is 1. The molecule has 1 aromatic rings. The third-order valence-electron chi connectivity index (χ3n) is 1.22. The van der Waals surface area contributed by atoms with Gasteiger partial charge in [0.25, 0.3) is 0 Å². The van der Waals surface area contributed by atoms with E-state index in [0.29, 0.717) is 0 Å². The van der Waals surface area contributed by atoms with Gasteiger partial charge in [0.05, 0.1) is 0 Å². The van der Waals surface area contributed by atoms with E-state index >= 15 is 0 Å². The molecule has 1 radical (unpaired) electrons. The summed E-state index contributed by atoms with van der Waals surface area (Å²) in [4.78, 5) is 10.1. The number of carboxylic acid groups (broad SMARTS) is 1. The van der Waals surface area contributed by atoms with Gasteiger partial charge in [0.15, 0.2) is 0 Å². The highest BCUT2D eigenvalue weighted by molar-refractivity contribution is 6.13. The molecular weight excluding hydrogens is 183 g/mol. The first-order valence-corrected chi connectivity index (χ1v) is 3.77. The molecule has 0 aliphatic heterocycles. The summed E-state index contributed by atoms with van der Waals surface area (Å²) in [5.74, 6) is -0.922. The molecule has 0 amide bonds. The molecule has 0 saturated heterocycles. The first kappa shape index (κ1) is 12.4. The minimum Gasteiger partial charge on any atom is -0.478 e. The second-order valence-corrected chi connectivity index (χ2v) is 2.20. The summed E-state index contributed by atoms with van der Waals surface area (Å²) in [5.41, 5.74) is 0.898. The van der Waals surface area contributed by atoms with Gasteiger partial charge in [-0.25, -0.2) is 4.79 Å². The number of hydrogen-bond donors (Lipinski definition) is 3. The molecule has 0 aliphatic carbocycles. The Labute approximate surface area is 82.4 Å². The van der Waals surface area contributed by atoms with Crippen LogP contribution in [0.1, 0.15) is 5.56 Å². The number of carbonyl (C=O) groups is 1. The molecule has 0 aliphatic rings. The normalized spacial score (nSPS) is 9.00. The molecule has 73 valence electrons. The predicted octanol–water partition coefficient (Wildman–Crippen LogP) is 0.290. The van der Waals surface area contributed by atoms with Crippen molar-refractivity contribution in [3.8, 4) is 0 Å². The summed E-state index contributed by atoms with van der Waals surface area (Å²) in [6.45, 7) is 0. The quantitative estimate of drug-likeness (QED) is 0.465. The Hall–Kier alpha value is -1.59. The van der Waals surface area contributed by atoms with Crippen molar-refractivity contribution < 1.29 is 19.9 Å². The Morgan fingerprint density at radius 1 is 1.21 bits per heavy atom. The monoisotopic (exact) mass is 193 g/mol. The summed E-state index contributed by atoms with van der Waals surface area (Å²) >= 11 is 0. The lowest BCUT2D eigenvalue weighted by molar-refractivity contribution is -0.131. The van der Waals surface area contributed by atoms with Crippen molar-refractivity contribution in [3.63, 3.8) is 0 Å². The van der Waals surface area contributed by atoms with Crippen LogP contribution in [0.2, 0.25) is 0 Å². The molecule has 1 rings (SSSR count). The Bertz CT molecular complexity index is 284. The molecule has 0 heterocycles. The molecule has 0 spiro atoms. The highest BCUT2D eigenvalue weighted by atomic mass is 16.4. The van der Waals surface area contributed by atoms with Crippen LogP contribution in [0.3, 0.4) is 0 Å². The Morgan fingerprint density at radius 2 is 1.71 bits per heavy atom. The zero-order chi connectivity index (χ0) is 10.8. The number of hydrogen-bond acceptors (Lipinski definition) is 3. The Morgan fingerprint density at radius 3 is 2.14 bits per heavy atom. The zero-order valence-electron chi connectivity index (χ0n) is 7.37. The molecule has 4 nitrogen and oxygen atoms in total. The van der Waals surface area contributed by atoms with E-state index in [4.69, 9.17) is 15.2 Å². The minimum absolute atomic E-state index is 0. The summed E-state index contributed by atoms with van der Waals surface area (Å²) in [6.07, 6.45) is 2.68. The second-order valence-electron chi connectivity index (χ2n) is 2.20. The fourth-order valence-electron chi connectivity index (χ4n) is 0.732. The third-order valence-corrected chi connectivity index (χ3v) is 1.22. The Kier molecular flexibility index (Phi) is 7.12. The van der Waals surface area contributed by atoms with Crippen LogP contribution in [0.25, 0.3) is 6.08 Å². The second kappa shape index (κ2) is 8.03. The van der Waals surface area contributed by atoms with Crippen LogP contribution in [0.5, 0.6) is 0 Å². The van der Waals surface area contributed by atoms with E-state index in [1.165, 1.54) is 0 Å². The summed E-state index contributed by atoms with van der Waals surface area (Å²) in [7, 11) is 0. The molecule has 0 bridgehead atoms. The van der Waals surface area contributed by atoms with Crippen LogP contribution in [0, 0.1) is 0 Å². The Balaban J connectivity index is 0.000000500. The van der Waals surface area contributed by atoms with Crippen molar-refractivity contribution in [2.45, 2.75) is 0 Å². The van der Waals surface area contributed by atoms with Crippen LogP contribution in [0.15, 0.2) is 36.4 Å². The van der Waals surface area contributed by atoms with Gasteiger partial charge in [0, 0.05) is 6.08 Å². The van der Waals surface area contributed by atoms with Gasteiger partial charge in [-0.15, -0.1) is 0 Å². The topological polar surface area (TPSA) is 77.8 Å². The average Bonchev–Trinajstić information content (AvgIpc) is 2.18. The predicted molar refractivity (Wildman–Crippen MR) is 53.3 cm³/mol. The summed E-state index contributed by atoms with van der Waals surface area (Å²) in [5, 5.41) is 22.3. The van der Waals surface area contributed by atoms with Gasteiger partial charge in [-0.05, 0) is 11.6 Å². The van der Waals surface area contributed by atoms with Crippen LogP contribution >= 0.6 is 0 Å². The maximum Gasteiger partial charge on any atom is 0.482 e. The molecule has 5 heteroatoms. The maximum atomic E-state index is 10.1. The molecule has 3 N–H and O–H groups in total. The van der Waals surface area contributed by atoms with Crippen molar-refractivity contribution in [2.24, 2.45) is 0 Å². The van der Waals surface area contributed by atoms with E-state index in [0.717, 1.165) is 11.6 Å². The summed E-state index contributed by atoms with van der Waals surface area (Å²) < 4.78 is 0. The number of rotatable bonds is 2. The van der Waals surface area contributed by atoms with Gasteiger partial charge in [-0.3, -0.25) is 0 Å². The summed E-state index contributed by atoms with van der Waals surface area (Å²) in [6, 6.07) is 9.31. The van der Waals surface area contributed by atoms with Gasteiger partial charge in [-0.2, -0.15) is 0 Å². The van der Waals surface area contributed by atoms with Crippen molar-refractivity contribution in [1.82, 2.24) is 0 Å². The SMILES string of the molecule is O=C(O)C=Cc1ccccc1.O[B]O. The molecule has 0 atom stereocenters. The molecular formula is C9H10BO4. The third kappa shape index (κ3) is 7.09. The van der Waals surface area contributed by atoms with E-state index in [-0.39, 0.29) is 7.69 Å². The number of benzene rings is 1. The van der Waals surface area contributed by atoms with Crippen molar-refractivity contribution in [1.29, 1.82) is 0 Å². The molecule has 0 aromatic heterocycles. The van der Waals surface area contributed by atoms with Gasteiger partial charge >= 0.3 is 13.7 Å². The van der Waals surface area contributed by atoms with E-state index in [1.807, 2.05) is 30.3 Å². The lowest BCUT2D eigenvalue weighted by Gasteiger charge is -1.87. The van der Waals surface area contributed by atoms with E-state index in [1.54, 1.807) is 6.08 Å². The first-order valence-electron chi connectivity index (χ1n) is 3.77. The lowest BCUT2D eigenvalue weighted by atomic mass is 10.2. The van der Waals surface area contributed by atoms with Crippen LogP contribution < -0.4 is 0 Å². The van der Waals surface area contributed by atoms with E-state index in [9.17, 15) is 4.79 Å². The van der Waals surface area contributed by atoms with Crippen molar-refractivity contribution in [3.05, 3.63) is 42.0 Å². The van der Waals surface area contributed by atoms with Crippen LogP contribution in [-0.2, 0) is 4.79 Å². The average molecular weight is 193 g/mol. The fourth-order valence-corrected chi connectivity index (χ4v) is 0.732. The van der Waals surface area contributed by atoms with Crippen molar-refractivity contribution in [2.75, 3.05) is 0 Å². The molecule has 0 fully saturated rings. The van der Waals surface area contributed by atoms with E-state index in [2.05, 4.69) is 0 Å². The smallest absolute Gasteiger partial charge is 0.478 e. The minimum atomic E-state index is -0.922. The largest absolute Gasteiger partial charge is 0.482 e. The maximum absolute atomic E-state index is 10.1. The van der Waals surface area contributed by atoms with Crippen LogP contribution in [-0.4, -0.2) is 28.8 Å². The van der Waals surface area contributed by atoms with Crippen molar-refractivity contribution >= 4 is 19.7 Å². The number of carboxylic acids is 1. The van der Waals surface area contributed by atoms with Gasteiger partial charge < -0.3 is 15.2 Å². The molecule has 0 unspecified atom stereocenters.